The zero-order valence-electron chi connectivity index (χ0n) is 23.1. The van der Waals surface area contributed by atoms with E-state index < -0.39 is 0 Å². The average molecular weight is 527 g/mol. The van der Waals surface area contributed by atoms with Crippen molar-refractivity contribution in [1.29, 1.82) is 0 Å². The number of hydrogen-bond acceptors (Lipinski definition) is 10. The molecule has 0 fully saturated rings. The van der Waals surface area contributed by atoms with Gasteiger partial charge in [-0.25, -0.2) is 0 Å². The van der Waals surface area contributed by atoms with Gasteiger partial charge in [0.2, 0.25) is 0 Å². The minimum atomic E-state index is 0.534. The first kappa shape index (κ1) is 35.6. The maximum atomic E-state index is 5.55. The second-order valence-electron chi connectivity index (χ2n) is 7.92. The molecule has 0 aromatic rings. The zero-order valence-corrected chi connectivity index (χ0v) is 23.1. The Morgan fingerprint density at radius 3 is 0.806 bits per heavy atom. The lowest BCUT2D eigenvalue weighted by molar-refractivity contribution is -0.0259. The lowest BCUT2D eigenvalue weighted by Gasteiger charge is -2.09. The zero-order chi connectivity index (χ0) is 26.0. The first-order chi connectivity index (χ1) is 17.9. The molecule has 0 saturated carbocycles. The summed E-state index contributed by atoms with van der Waals surface area (Å²) in [6, 6.07) is 0. The molecule has 0 aromatic heterocycles. The van der Waals surface area contributed by atoms with Gasteiger partial charge in [0.1, 0.15) is 0 Å². The molecule has 218 valence electrons. The van der Waals surface area contributed by atoms with E-state index in [1.54, 1.807) is 7.11 Å². The molecule has 10 heteroatoms. The predicted octanol–water partition coefficient (Wildman–Crippen LogP) is 2.75. The highest BCUT2D eigenvalue weighted by atomic mass is 16.6. The van der Waals surface area contributed by atoms with E-state index in [0.29, 0.717) is 119 Å². The van der Waals surface area contributed by atoms with E-state index in [1.165, 1.54) is 25.7 Å². The third kappa shape index (κ3) is 33.6. The maximum Gasteiger partial charge on any atom is 0.0701 e. The van der Waals surface area contributed by atoms with Crippen LogP contribution in [0.15, 0.2) is 0 Å². The molecule has 10 nitrogen and oxygen atoms in total. The molecule has 0 aliphatic carbocycles. The molecule has 0 aliphatic heterocycles. The van der Waals surface area contributed by atoms with Gasteiger partial charge in [0.25, 0.3) is 0 Å². The Kier molecular flexibility index (Phi) is 34.2. The van der Waals surface area contributed by atoms with Gasteiger partial charge < -0.3 is 47.4 Å². The SMILES string of the molecule is CCCCCCCOCCOCCOCCOCCOCCOCCOCCOCCOCCOC. The van der Waals surface area contributed by atoms with Crippen LogP contribution in [-0.4, -0.2) is 133 Å². The first-order valence-corrected chi connectivity index (χ1v) is 13.6. The van der Waals surface area contributed by atoms with Gasteiger partial charge in [-0.1, -0.05) is 32.6 Å². The summed E-state index contributed by atoms with van der Waals surface area (Å²) in [7, 11) is 1.65. The van der Waals surface area contributed by atoms with Crippen LogP contribution < -0.4 is 0 Å². The molecule has 0 rings (SSSR count). The standard InChI is InChI=1S/C26H54O10/c1-3-4-5-6-7-8-28-11-12-30-15-16-32-19-20-34-23-24-36-26-25-35-22-21-33-18-17-31-14-13-29-10-9-27-2/h3-26H2,1-2H3. The molecule has 0 unspecified atom stereocenters. The van der Waals surface area contributed by atoms with Crippen molar-refractivity contribution in [3.05, 3.63) is 0 Å². The fraction of sp³-hybridized carbons (Fsp3) is 1.00. The van der Waals surface area contributed by atoms with E-state index in [0.717, 1.165) is 13.0 Å². The number of methoxy groups -OCH3 is 1. The van der Waals surface area contributed by atoms with Crippen LogP contribution in [-0.2, 0) is 47.4 Å². The average Bonchev–Trinajstić information content (AvgIpc) is 2.89. The molecule has 0 saturated heterocycles. The predicted molar refractivity (Wildman–Crippen MR) is 138 cm³/mol. The van der Waals surface area contributed by atoms with E-state index in [2.05, 4.69) is 6.92 Å². The second-order valence-corrected chi connectivity index (χ2v) is 7.92. The molecule has 0 radical (unpaired) electrons. The summed E-state index contributed by atoms with van der Waals surface area (Å²) in [4.78, 5) is 0. The summed E-state index contributed by atoms with van der Waals surface area (Å²) in [5, 5.41) is 0. The molecule has 36 heavy (non-hydrogen) atoms. The molecule has 0 aromatic carbocycles. The molecular weight excluding hydrogens is 472 g/mol. The van der Waals surface area contributed by atoms with Crippen molar-refractivity contribution in [1.82, 2.24) is 0 Å². The van der Waals surface area contributed by atoms with Crippen LogP contribution in [0.1, 0.15) is 39.0 Å². The summed E-state index contributed by atoms with van der Waals surface area (Å²) >= 11 is 0. The molecule has 0 spiro atoms. The van der Waals surface area contributed by atoms with Crippen LogP contribution in [0, 0.1) is 0 Å². The van der Waals surface area contributed by atoms with Gasteiger partial charge in [0.05, 0.1) is 119 Å². The highest BCUT2D eigenvalue weighted by Crippen LogP contribution is 2.02. The Balaban J connectivity index is 3.00. The Labute approximate surface area is 219 Å². The Bertz CT molecular complexity index is 343. The van der Waals surface area contributed by atoms with E-state index in [4.69, 9.17) is 47.4 Å². The Hall–Kier alpha value is -0.400. The van der Waals surface area contributed by atoms with Gasteiger partial charge >= 0.3 is 0 Å². The van der Waals surface area contributed by atoms with Gasteiger partial charge in [-0.05, 0) is 6.42 Å². The lowest BCUT2D eigenvalue weighted by atomic mass is 10.2. The van der Waals surface area contributed by atoms with Crippen molar-refractivity contribution in [3.63, 3.8) is 0 Å². The molecule has 0 bridgehead atoms. The fourth-order valence-corrected chi connectivity index (χ4v) is 2.81. The van der Waals surface area contributed by atoms with E-state index >= 15 is 0 Å². The number of rotatable bonds is 33. The quantitative estimate of drug-likeness (QED) is 0.119. The van der Waals surface area contributed by atoms with Crippen LogP contribution in [0.4, 0.5) is 0 Å². The van der Waals surface area contributed by atoms with Crippen molar-refractivity contribution in [2.45, 2.75) is 39.0 Å². The summed E-state index contributed by atoms with van der Waals surface area (Å²) in [5.74, 6) is 0. The van der Waals surface area contributed by atoms with Crippen LogP contribution in [0.3, 0.4) is 0 Å². The fourth-order valence-electron chi connectivity index (χ4n) is 2.81. The van der Waals surface area contributed by atoms with Gasteiger partial charge in [0.15, 0.2) is 0 Å². The van der Waals surface area contributed by atoms with Crippen molar-refractivity contribution in [3.8, 4) is 0 Å². The highest BCUT2D eigenvalue weighted by molar-refractivity contribution is 4.42. The monoisotopic (exact) mass is 526 g/mol. The number of hydrogen-bond donors (Lipinski definition) is 0. The van der Waals surface area contributed by atoms with Crippen molar-refractivity contribution >= 4 is 0 Å². The summed E-state index contributed by atoms with van der Waals surface area (Å²) in [6.07, 6.45) is 6.30. The largest absolute Gasteiger partial charge is 0.382 e. The van der Waals surface area contributed by atoms with Gasteiger partial charge in [-0.2, -0.15) is 0 Å². The third-order valence-electron chi connectivity index (χ3n) is 4.80. The van der Waals surface area contributed by atoms with Gasteiger partial charge in [0, 0.05) is 13.7 Å². The first-order valence-electron chi connectivity index (χ1n) is 13.6. The minimum Gasteiger partial charge on any atom is -0.382 e. The highest BCUT2D eigenvalue weighted by Gasteiger charge is 1.96. The summed E-state index contributed by atoms with van der Waals surface area (Å²) in [5.41, 5.74) is 0. The van der Waals surface area contributed by atoms with Crippen LogP contribution in [0.5, 0.6) is 0 Å². The summed E-state index contributed by atoms with van der Waals surface area (Å²) in [6.45, 7) is 13.2. The normalized spacial score (nSPS) is 11.5. The topological polar surface area (TPSA) is 92.3 Å². The van der Waals surface area contributed by atoms with Gasteiger partial charge in [-0.3, -0.25) is 0 Å². The molecule has 0 atom stereocenters. The minimum absolute atomic E-state index is 0.534. The Morgan fingerprint density at radius 2 is 0.528 bits per heavy atom. The van der Waals surface area contributed by atoms with Crippen molar-refractivity contribution < 1.29 is 47.4 Å². The van der Waals surface area contributed by atoms with Crippen LogP contribution in [0.25, 0.3) is 0 Å². The molecule has 0 amide bonds. The number of ether oxygens (including phenoxy) is 10. The van der Waals surface area contributed by atoms with E-state index in [1.807, 2.05) is 0 Å². The lowest BCUT2D eigenvalue weighted by Crippen LogP contribution is -2.15. The van der Waals surface area contributed by atoms with Crippen molar-refractivity contribution in [2.75, 3.05) is 133 Å². The molecular formula is C26H54O10. The van der Waals surface area contributed by atoms with E-state index in [-0.39, 0.29) is 0 Å². The smallest absolute Gasteiger partial charge is 0.0701 e. The maximum absolute atomic E-state index is 5.55. The molecule has 0 heterocycles. The third-order valence-corrected chi connectivity index (χ3v) is 4.80. The van der Waals surface area contributed by atoms with Crippen LogP contribution >= 0.6 is 0 Å². The van der Waals surface area contributed by atoms with Crippen molar-refractivity contribution in [2.24, 2.45) is 0 Å². The number of unbranched alkanes of at least 4 members (excludes halogenated alkanes) is 4. The molecule has 0 N–H and O–H groups in total. The van der Waals surface area contributed by atoms with Crippen LogP contribution in [0.2, 0.25) is 0 Å². The Morgan fingerprint density at radius 1 is 0.278 bits per heavy atom. The second kappa shape index (κ2) is 34.6. The van der Waals surface area contributed by atoms with Gasteiger partial charge in [-0.15, -0.1) is 0 Å². The summed E-state index contributed by atoms with van der Waals surface area (Å²) < 4.78 is 53.9. The van der Waals surface area contributed by atoms with E-state index in [9.17, 15) is 0 Å². The molecule has 0 aliphatic rings.